The zero-order valence-electron chi connectivity index (χ0n) is 15.5. The maximum atomic E-state index is 13.1. The van der Waals surface area contributed by atoms with Crippen LogP contribution in [0.5, 0.6) is 11.5 Å². The quantitative estimate of drug-likeness (QED) is 0.419. The zero-order chi connectivity index (χ0) is 21.1. The molecule has 3 rings (SSSR count). The lowest BCUT2D eigenvalue weighted by Gasteiger charge is -2.29. The molecule has 1 fully saturated rings. The minimum atomic E-state index is -0.632. The Labute approximate surface area is 183 Å². The number of hydrogen-bond donors (Lipinski definition) is 1. The summed E-state index contributed by atoms with van der Waals surface area (Å²) in [5, 5.41) is 3.06. The largest absolute Gasteiger partial charge is 0.493 e. The third-order valence-electron chi connectivity index (χ3n) is 4.08. The molecule has 1 heterocycles. The van der Waals surface area contributed by atoms with Crippen LogP contribution in [0.15, 0.2) is 42.0 Å². The van der Waals surface area contributed by atoms with E-state index in [1.165, 1.54) is 18.1 Å². The number of thiocarbonyl (C=S) groups is 1. The van der Waals surface area contributed by atoms with Crippen LogP contribution in [0.4, 0.5) is 5.69 Å². The van der Waals surface area contributed by atoms with Gasteiger partial charge in [-0.15, -0.1) is 0 Å². The Bertz CT molecular complexity index is 1040. The molecule has 0 radical (unpaired) electrons. The summed E-state index contributed by atoms with van der Waals surface area (Å²) in [6.45, 7) is 2.26. The second-order valence-corrected chi connectivity index (χ2v) is 7.07. The molecule has 1 aliphatic heterocycles. The van der Waals surface area contributed by atoms with Gasteiger partial charge in [-0.1, -0.05) is 35.3 Å². The molecule has 0 aliphatic carbocycles. The molecular weight excluding hydrogens is 435 g/mol. The molecule has 1 saturated heterocycles. The standard InChI is InChI=1S/C20H16Cl2N2O4S/c1-3-28-17-10-14(22)11(9-16(17)27-2)8-12-18(25)23-20(29)24(19(12)26)15-7-5-4-6-13(15)21/h4-10H,3H2,1-2H3,(H,23,25,29)/b12-8+. The fourth-order valence-electron chi connectivity index (χ4n) is 2.75. The van der Waals surface area contributed by atoms with Gasteiger partial charge in [0.15, 0.2) is 16.6 Å². The highest BCUT2D eigenvalue weighted by Gasteiger charge is 2.35. The van der Waals surface area contributed by atoms with E-state index in [1.807, 2.05) is 6.92 Å². The summed E-state index contributed by atoms with van der Waals surface area (Å²) >= 11 is 17.7. The van der Waals surface area contributed by atoms with Crippen molar-refractivity contribution in [2.75, 3.05) is 18.6 Å². The van der Waals surface area contributed by atoms with E-state index in [4.69, 9.17) is 44.9 Å². The number of rotatable bonds is 5. The van der Waals surface area contributed by atoms with Gasteiger partial charge in [0.25, 0.3) is 11.8 Å². The summed E-state index contributed by atoms with van der Waals surface area (Å²) in [4.78, 5) is 26.7. The second kappa shape index (κ2) is 8.82. The molecule has 0 unspecified atom stereocenters. The average molecular weight is 451 g/mol. The molecule has 0 bridgehead atoms. The number of nitrogens with one attached hydrogen (secondary N) is 1. The van der Waals surface area contributed by atoms with Crippen molar-refractivity contribution in [1.82, 2.24) is 5.32 Å². The molecule has 1 N–H and O–H groups in total. The summed E-state index contributed by atoms with van der Waals surface area (Å²) in [7, 11) is 1.48. The monoisotopic (exact) mass is 450 g/mol. The van der Waals surface area contributed by atoms with E-state index in [0.717, 1.165) is 0 Å². The first kappa shape index (κ1) is 21.1. The molecule has 9 heteroatoms. The smallest absolute Gasteiger partial charge is 0.270 e. The molecule has 0 aromatic heterocycles. The lowest BCUT2D eigenvalue weighted by molar-refractivity contribution is -0.122. The van der Waals surface area contributed by atoms with E-state index in [9.17, 15) is 9.59 Å². The summed E-state index contributed by atoms with van der Waals surface area (Å²) in [5.74, 6) is -0.367. The van der Waals surface area contributed by atoms with Crippen molar-refractivity contribution in [2.24, 2.45) is 0 Å². The first-order valence-electron chi connectivity index (χ1n) is 8.53. The summed E-state index contributed by atoms with van der Waals surface area (Å²) in [6.07, 6.45) is 1.38. The number of para-hydroxylation sites is 1. The third-order valence-corrected chi connectivity index (χ3v) is 5.01. The topological polar surface area (TPSA) is 67.9 Å². The van der Waals surface area contributed by atoms with Crippen LogP contribution in [0.25, 0.3) is 6.08 Å². The van der Waals surface area contributed by atoms with Crippen molar-refractivity contribution in [1.29, 1.82) is 0 Å². The molecule has 29 heavy (non-hydrogen) atoms. The Hall–Kier alpha value is -2.61. The van der Waals surface area contributed by atoms with E-state index < -0.39 is 11.8 Å². The number of benzene rings is 2. The predicted octanol–water partition coefficient (Wildman–Crippen LogP) is 4.23. The molecule has 2 amide bonds. The Morgan fingerprint density at radius 2 is 1.86 bits per heavy atom. The van der Waals surface area contributed by atoms with Crippen molar-refractivity contribution < 1.29 is 19.1 Å². The summed E-state index contributed by atoms with van der Waals surface area (Å²) in [5.41, 5.74) is 0.634. The molecule has 0 atom stereocenters. The number of amides is 2. The molecule has 2 aromatic rings. The van der Waals surface area contributed by atoms with Gasteiger partial charge in [0.05, 0.1) is 29.4 Å². The fraction of sp³-hybridized carbons (Fsp3) is 0.150. The average Bonchev–Trinajstić information content (AvgIpc) is 2.68. The number of carbonyl (C=O) groups excluding carboxylic acids is 2. The fourth-order valence-corrected chi connectivity index (χ4v) is 3.46. The van der Waals surface area contributed by atoms with Gasteiger partial charge in [-0.25, -0.2) is 0 Å². The maximum Gasteiger partial charge on any atom is 0.270 e. The number of ether oxygens (including phenoxy) is 2. The Balaban J connectivity index is 2.06. The van der Waals surface area contributed by atoms with Crippen LogP contribution in [0.2, 0.25) is 10.0 Å². The van der Waals surface area contributed by atoms with Gasteiger partial charge in [0, 0.05) is 6.07 Å². The van der Waals surface area contributed by atoms with E-state index in [1.54, 1.807) is 36.4 Å². The van der Waals surface area contributed by atoms with Crippen molar-refractivity contribution in [3.8, 4) is 11.5 Å². The molecular formula is C20H16Cl2N2O4S. The third kappa shape index (κ3) is 4.22. The Morgan fingerprint density at radius 1 is 1.14 bits per heavy atom. The lowest BCUT2D eigenvalue weighted by Crippen LogP contribution is -2.54. The van der Waals surface area contributed by atoms with Crippen LogP contribution in [-0.4, -0.2) is 30.6 Å². The molecule has 0 saturated carbocycles. The number of hydrogen-bond acceptors (Lipinski definition) is 5. The molecule has 2 aromatic carbocycles. The zero-order valence-corrected chi connectivity index (χ0v) is 17.8. The highest BCUT2D eigenvalue weighted by atomic mass is 35.5. The number of nitrogens with zero attached hydrogens (tertiary/aromatic N) is 1. The van der Waals surface area contributed by atoms with Crippen molar-refractivity contribution in [3.63, 3.8) is 0 Å². The van der Waals surface area contributed by atoms with Gasteiger partial charge in [-0.2, -0.15) is 0 Å². The van der Waals surface area contributed by atoms with Crippen molar-refractivity contribution >= 4 is 64.1 Å². The minimum Gasteiger partial charge on any atom is -0.493 e. The summed E-state index contributed by atoms with van der Waals surface area (Å²) in [6, 6.07) is 9.86. The van der Waals surface area contributed by atoms with Gasteiger partial charge in [0.1, 0.15) is 5.57 Å². The SMILES string of the molecule is CCOc1cc(Cl)c(/C=C2\C(=O)NC(=S)N(c3ccccc3Cl)C2=O)cc1OC. The molecule has 150 valence electrons. The van der Waals surface area contributed by atoms with Crippen LogP contribution in [-0.2, 0) is 9.59 Å². The summed E-state index contributed by atoms with van der Waals surface area (Å²) < 4.78 is 10.8. The Kier molecular flexibility index (Phi) is 6.42. The number of anilines is 1. The minimum absolute atomic E-state index is 0.0550. The maximum absolute atomic E-state index is 13.1. The Morgan fingerprint density at radius 3 is 2.52 bits per heavy atom. The first-order valence-corrected chi connectivity index (χ1v) is 9.70. The van der Waals surface area contributed by atoms with Crippen LogP contribution in [0.1, 0.15) is 12.5 Å². The first-order chi connectivity index (χ1) is 13.9. The number of carbonyl (C=O) groups is 2. The van der Waals surface area contributed by atoms with E-state index in [-0.39, 0.29) is 10.7 Å². The van der Waals surface area contributed by atoms with Crippen LogP contribution < -0.4 is 19.7 Å². The number of methoxy groups -OCH3 is 1. The van der Waals surface area contributed by atoms with Crippen molar-refractivity contribution in [3.05, 3.63) is 57.6 Å². The van der Waals surface area contributed by atoms with Gasteiger partial charge in [0.2, 0.25) is 0 Å². The van der Waals surface area contributed by atoms with Gasteiger partial charge in [-0.3, -0.25) is 19.8 Å². The highest BCUT2D eigenvalue weighted by Crippen LogP contribution is 2.35. The molecule has 6 nitrogen and oxygen atoms in total. The molecule has 1 aliphatic rings. The highest BCUT2D eigenvalue weighted by molar-refractivity contribution is 7.80. The van der Waals surface area contributed by atoms with Crippen LogP contribution >= 0.6 is 35.4 Å². The van der Waals surface area contributed by atoms with E-state index in [0.29, 0.717) is 39.4 Å². The normalized spacial score (nSPS) is 15.5. The van der Waals surface area contributed by atoms with Crippen LogP contribution in [0, 0.1) is 0 Å². The second-order valence-electron chi connectivity index (χ2n) is 5.87. The molecule has 0 spiro atoms. The van der Waals surface area contributed by atoms with Gasteiger partial charge in [-0.05, 0) is 49.0 Å². The van der Waals surface area contributed by atoms with E-state index >= 15 is 0 Å². The van der Waals surface area contributed by atoms with Gasteiger partial charge < -0.3 is 9.47 Å². The lowest BCUT2D eigenvalue weighted by atomic mass is 10.1. The van der Waals surface area contributed by atoms with Crippen molar-refractivity contribution in [2.45, 2.75) is 6.92 Å². The van der Waals surface area contributed by atoms with Gasteiger partial charge >= 0.3 is 0 Å². The number of halogens is 2. The predicted molar refractivity (Wildman–Crippen MR) is 117 cm³/mol. The van der Waals surface area contributed by atoms with Crippen LogP contribution in [0.3, 0.4) is 0 Å². The van der Waals surface area contributed by atoms with E-state index in [2.05, 4.69) is 5.32 Å².